The molecule has 0 rings (SSSR count). The Morgan fingerprint density at radius 1 is 1.07 bits per heavy atom. The lowest BCUT2D eigenvalue weighted by Gasteiger charge is -2.24. The predicted octanol–water partition coefficient (Wildman–Crippen LogP) is 2.95. The second-order valence-electron chi connectivity index (χ2n) is 4.59. The first-order chi connectivity index (χ1) is 7.15. The van der Waals surface area contributed by atoms with Crippen LogP contribution in [-0.2, 0) is 0 Å². The first kappa shape index (κ1) is 14.9. The molecule has 0 fully saturated rings. The molecule has 3 unspecified atom stereocenters. The number of aliphatic hydroxyl groups is 1. The molecule has 0 aromatic carbocycles. The van der Waals surface area contributed by atoms with Gasteiger partial charge in [0, 0.05) is 6.04 Å². The van der Waals surface area contributed by atoms with E-state index in [0.29, 0.717) is 6.04 Å². The van der Waals surface area contributed by atoms with Gasteiger partial charge in [0.05, 0.1) is 6.10 Å². The van der Waals surface area contributed by atoms with Gasteiger partial charge in [0.2, 0.25) is 0 Å². The van der Waals surface area contributed by atoms with Crippen LogP contribution in [0, 0.1) is 5.92 Å². The van der Waals surface area contributed by atoms with Crippen LogP contribution >= 0.6 is 0 Å². The third-order valence-corrected chi connectivity index (χ3v) is 3.23. The Hall–Kier alpha value is -0.0800. The maximum Gasteiger partial charge on any atom is 0.0549 e. The summed E-state index contributed by atoms with van der Waals surface area (Å²) in [6, 6.07) is 0.619. The summed E-state index contributed by atoms with van der Waals surface area (Å²) in [5.41, 5.74) is 0. The molecule has 2 nitrogen and oxygen atoms in total. The second-order valence-corrected chi connectivity index (χ2v) is 4.59. The van der Waals surface area contributed by atoms with Gasteiger partial charge in [-0.1, -0.05) is 34.1 Å². The number of hydrogen-bond acceptors (Lipinski definition) is 2. The van der Waals surface area contributed by atoms with Gasteiger partial charge >= 0.3 is 0 Å². The summed E-state index contributed by atoms with van der Waals surface area (Å²) in [6.45, 7) is 9.77. The fourth-order valence-corrected chi connectivity index (χ4v) is 2.04. The van der Waals surface area contributed by atoms with Crippen LogP contribution in [0.3, 0.4) is 0 Å². The summed E-state index contributed by atoms with van der Waals surface area (Å²) >= 11 is 0. The minimum atomic E-state index is -0.128. The Balaban J connectivity index is 3.69. The number of hydrogen-bond donors (Lipinski definition) is 2. The van der Waals surface area contributed by atoms with Crippen LogP contribution in [0.4, 0.5) is 0 Å². The van der Waals surface area contributed by atoms with Gasteiger partial charge in [-0.2, -0.15) is 0 Å². The van der Waals surface area contributed by atoms with Crippen LogP contribution in [0.25, 0.3) is 0 Å². The highest BCUT2D eigenvalue weighted by Crippen LogP contribution is 2.13. The summed E-state index contributed by atoms with van der Waals surface area (Å²) in [5, 5.41) is 13.0. The fraction of sp³-hybridized carbons (Fsp3) is 1.00. The summed E-state index contributed by atoms with van der Waals surface area (Å²) in [5.74, 6) is 0.749. The van der Waals surface area contributed by atoms with Crippen LogP contribution in [-0.4, -0.2) is 23.8 Å². The Morgan fingerprint density at radius 3 is 2.20 bits per heavy atom. The Labute approximate surface area is 95.5 Å². The summed E-state index contributed by atoms with van der Waals surface area (Å²) < 4.78 is 0. The van der Waals surface area contributed by atoms with E-state index in [1.54, 1.807) is 0 Å². The molecule has 92 valence electrons. The van der Waals surface area contributed by atoms with Crippen LogP contribution < -0.4 is 5.32 Å². The molecular formula is C13H29NO. The third kappa shape index (κ3) is 6.91. The molecule has 2 heteroatoms. The summed E-state index contributed by atoms with van der Waals surface area (Å²) in [7, 11) is 0. The zero-order valence-electron chi connectivity index (χ0n) is 10.9. The molecule has 2 N–H and O–H groups in total. The summed E-state index contributed by atoms with van der Waals surface area (Å²) in [6.07, 6.45) is 5.35. The quantitative estimate of drug-likeness (QED) is 0.620. The maximum atomic E-state index is 9.45. The highest BCUT2D eigenvalue weighted by atomic mass is 16.3. The van der Waals surface area contributed by atoms with Crippen molar-refractivity contribution in [1.82, 2.24) is 5.32 Å². The molecule has 0 bridgehead atoms. The predicted molar refractivity (Wildman–Crippen MR) is 67.1 cm³/mol. The van der Waals surface area contributed by atoms with Gasteiger partial charge in [0.1, 0.15) is 0 Å². The van der Waals surface area contributed by atoms with E-state index in [2.05, 4.69) is 26.1 Å². The topological polar surface area (TPSA) is 32.3 Å². The van der Waals surface area contributed by atoms with E-state index in [4.69, 9.17) is 0 Å². The van der Waals surface area contributed by atoms with Crippen molar-refractivity contribution in [1.29, 1.82) is 0 Å². The molecule has 0 aromatic rings. The Kier molecular flexibility index (Phi) is 9.12. The molecule has 0 saturated heterocycles. The minimum Gasteiger partial charge on any atom is -0.393 e. The first-order valence-corrected chi connectivity index (χ1v) is 6.57. The number of aliphatic hydroxyl groups excluding tert-OH is 1. The molecule has 0 aliphatic rings. The lowest BCUT2D eigenvalue weighted by atomic mass is 9.95. The first-order valence-electron chi connectivity index (χ1n) is 6.57. The minimum absolute atomic E-state index is 0.128. The van der Waals surface area contributed by atoms with Gasteiger partial charge in [0.15, 0.2) is 0 Å². The zero-order valence-corrected chi connectivity index (χ0v) is 10.9. The van der Waals surface area contributed by atoms with E-state index in [1.807, 2.05) is 6.92 Å². The monoisotopic (exact) mass is 215 g/mol. The van der Waals surface area contributed by atoms with Crippen LogP contribution in [0.5, 0.6) is 0 Å². The largest absolute Gasteiger partial charge is 0.393 e. The maximum absolute atomic E-state index is 9.45. The Morgan fingerprint density at radius 2 is 1.73 bits per heavy atom. The van der Waals surface area contributed by atoms with Crippen molar-refractivity contribution in [3.05, 3.63) is 0 Å². The van der Waals surface area contributed by atoms with Crippen LogP contribution in [0.15, 0.2) is 0 Å². The molecular weight excluding hydrogens is 186 g/mol. The average molecular weight is 215 g/mol. The van der Waals surface area contributed by atoms with E-state index < -0.39 is 0 Å². The molecule has 0 spiro atoms. The van der Waals surface area contributed by atoms with Crippen molar-refractivity contribution in [3.8, 4) is 0 Å². The fourth-order valence-electron chi connectivity index (χ4n) is 2.04. The van der Waals surface area contributed by atoms with E-state index in [0.717, 1.165) is 25.3 Å². The van der Waals surface area contributed by atoms with Gasteiger partial charge in [-0.15, -0.1) is 0 Å². The third-order valence-electron chi connectivity index (χ3n) is 3.23. The van der Waals surface area contributed by atoms with Crippen LogP contribution in [0.2, 0.25) is 0 Å². The van der Waals surface area contributed by atoms with Crippen LogP contribution in [0.1, 0.15) is 59.8 Å². The summed E-state index contributed by atoms with van der Waals surface area (Å²) in [4.78, 5) is 0. The van der Waals surface area contributed by atoms with Crippen molar-refractivity contribution >= 4 is 0 Å². The van der Waals surface area contributed by atoms with E-state index in [9.17, 15) is 5.11 Å². The van der Waals surface area contributed by atoms with Crippen molar-refractivity contribution in [3.63, 3.8) is 0 Å². The molecule has 0 amide bonds. The Bertz CT molecular complexity index is 138. The van der Waals surface area contributed by atoms with E-state index in [1.165, 1.54) is 19.3 Å². The lowest BCUT2D eigenvalue weighted by molar-refractivity contribution is 0.156. The molecule has 0 aliphatic carbocycles. The zero-order chi connectivity index (χ0) is 11.7. The molecule has 15 heavy (non-hydrogen) atoms. The lowest BCUT2D eigenvalue weighted by Crippen LogP contribution is -2.36. The molecule has 0 saturated carbocycles. The molecule has 0 heterocycles. The molecule has 0 aromatic heterocycles. The number of rotatable bonds is 9. The number of nitrogens with one attached hydrogen (secondary N) is 1. The highest BCUT2D eigenvalue weighted by molar-refractivity contribution is 4.72. The van der Waals surface area contributed by atoms with Gasteiger partial charge in [0.25, 0.3) is 0 Å². The van der Waals surface area contributed by atoms with Gasteiger partial charge in [-0.25, -0.2) is 0 Å². The normalized spacial score (nSPS) is 17.4. The SMILES string of the molecule is CCCC(C)C(CC)NCCC(O)CC. The van der Waals surface area contributed by atoms with E-state index in [-0.39, 0.29) is 6.10 Å². The van der Waals surface area contributed by atoms with Crippen molar-refractivity contribution in [2.45, 2.75) is 71.9 Å². The second kappa shape index (κ2) is 9.17. The van der Waals surface area contributed by atoms with Gasteiger partial charge in [-0.05, 0) is 38.1 Å². The molecule has 3 atom stereocenters. The van der Waals surface area contributed by atoms with Gasteiger partial charge in [-0.3, -0.25) is 0 Å². The average Bonchev–Trinajstić information content (AvgIpc) is 2.24. The highest BCUT2D eigenvalue weighted by Gasteiger charge is 2.13. The van der Waals surface area contributed by atoms with Crippen molar-refractivity contribution < 1.29 is 5.11 Å². The smallest absolute Gasteiger partial charge is 0.0549 e. The van der Waals surface area contributed by atoms with Crippen molar-refractivity contribution in [2.75, 3.05) is 6.54 Å². The molecule has 0 radical (unpaired) electrons. The van der Waals surface area contributed by atoms with Gasteiger partial charge < -0.3 is 10.4 Å². The van der Waals surface area contributed by atoms with E-state index >= 15 is 0 Å². The van der Waals surface area contributed by atoms with Crippen molar-refractivity contribution in [2.24, 2.45) is 5.92 Å². The molecule has 0 aliphatic heterocycles. The standard InChI is InChI=1S/C13H29NO/c1-5-8-11(4)13(7-3)14-10-9-12(15)6-2/h11-15H,5-10H2,1-4H3.